The fourth-order valence-corrected chi connectivity index (χ4v) is 2.75. The molecular weight excluding hydrogens is 260 g/mol. The van der Waals surface area contributed by atoms with Gasteiger partial charge in [-0.2, -0.15) is 0 Å². The monoisotopic (exact) mass is 280 g/mol. The molecule has 0 bridgehead atoms. The fraction of sp³-hybridized carbons (Fsp3) is 0.643. The van der Waals surface area contributed by atoms with Crippen LogP contribution < -0.4 is 5.32 Å². The second-order valence-corrected chi connectivity index (χ2v) is 5.20. The number of carbonyl (C=O) groups excluding carboxylic acids is 1. The van der Waals surface area contributed by atoms with Gasteiger partial charge in [0.1, 0.15) is 5.76 Å². The Morgan fingerprint density at radius 1 is 1.40 bits per heavy atom. The van der Waals surface area contributed by atoms with Crippen LogP contribution in [-0.2, 0) is 16.0 Å². The molecular formula is C14H20N2O4. The van der Waals surface area contributed by atoms with Gasteiger partial charge < -0.3 is 24.1 Å². The number of urea groups is 1. The quantitative estimate of drug-likeness (QED) is 0.913. The predicted molar refractivity (Wildman–Crippen MR) is 70.9 cm³/mol. The van der Waals surface area contributed by atoms with E-state index < -0.39 is 0 Å². The molecule has 0 radical (unpaired) electrons. The van der Waals surface area contributed by atoms with Gasteiger partial charge in [0.2, 0.25) is 0 Å². The third kappa shape index (κ3) is 3.13. The van der Waals surface area contributed by atoms with Gasteiger partial charge in [0, 0.05) is 19.0 Å². The van der Waals surface area contributed by atoms with Crippen LogP contribution in [-0.4, -0.2) is 43.5 Å². The van der Waals surface area contributed by atoms with Crippen molar-refractivity contribution in [2.45, 2.75) is 25.7 Å². The first-order valence-electron chi connectivity index (χ1n) is 7.11. The summed E-state index contributed by atoms with van der Waals surface area (Å²) in [7, 11) is 0. The van der Waals surface area contributed by atoms with Gasteiger partial charge >= 0.3 is 6.03 Å². The molecule has 2 aliphatic rings. The number of hydrogen-bond donors (Lipinski definition) is 1. The van der Waals surface area contributed by atoms with Crippen molar-refractivity contribution in [1.82, 2.24) is 10.2 Å². The Morgan fingerprint density at radius 2 is 2.25 bits per heavy atom. The second kappa shape index (κ2) is 6.28. The number of piperidine rings is 1. The molecule has 110 valence electrons. The fourth-order valence-electron chi connectivity index (χ4n) is 2.75. The lowest BCUT2D eigenvalue weighted by Crippen LogP contribution is -2.47. The third-order valence-corrected chi connectivity index (χ3v) is 3.77. The molecule has 2 aliphatic heterocycles. The molecule has 0 saturated carbocycles. The SMILES string of the molecule is O=C(NCc1ccco1)N1CCCC(C2OCCO2)C1. The van der Waals surface area contributed by atoms with Crippen molar-refractivity contribution in [1.29, 1.82) is 0 Å². The number of nitrogens with one attached hydrogen (secondary N) is 1. The number of nitrogens with zero attached hydrogens (tertiary/aromatic N) is 1. The van der Waals surface area contributed by atoms with E-state index in [1.807, 2.05) is 17.0 Å². The molecule has 3 rings (SSSR count). The Kier molecular flexibility index (Phi) is 4.22. The van der Waals surface area contributed by atoms with Gasteiger partial charge in [-0.25, -0.2) is 4.79 Å². The van der Waals surface area contributed by atoms with E-state index in [-0.39, 0.29) is 18.2 Å². The van der Waals surface area contributed by atoms with Crippen LogP contribution in [0.1, 0.15) is 18.6 Å². The zero-order chi connectivity index (χ0) is 13.8. The van der Waals surface area contributed by atoms with Crippen LogP contribution in [0.4, 0.5) is 4.79 Å². The molecule has 2 fully saturated rings. The normalized spacial score (nSPS) is 24.0. The van der Waals surface area contributed by atoms with Crippen LogP contribution in [0.15, 0.2) is 22.8 Å². The van der Waals surface area contributed by atoms with E-state index in [0.29, 0.717) is 26.3 Å². The number of amides is 2. The smallest absolute Gasteiger partial charge is 0.317 e. The van der Waals surface area contributed by atoms with E-state index in [1.165, 1.54) is 0 Å². The number of ether oxygens (including phenoxy) is 2. The zero-order valence-corrected chi connectivity index (χ0v) is 11.4. The van der Waals surface area contributed by atoms with Crippen LogP contribution in [0, 0.1) is 5.92 Å². The van der Waals surface area contributed by atoms with E-state index >= 15 is 0 Å². The molecule has 3 heterocycles. The highest BCUT2D eigenvalue weighted by Gasteiger charge is 2.32. The molecule has 1 aromatic heterocycles. The van der Waals surface area contributed by atoms with Gasteiger partial charge in [0.25, 0.3) is 0 Å². The maximum absolute atomic E-state index is 12.1. The Morgan fingerprint density at radius 3 is 3.00 bits per heavy atom. The molecule has 1 N–H and O–H groups in total. The van der Waals surface area contributed by atoms with Crippen LogP contribution in [0.3, 0.4) is 0 Å². The van der Waals surface area contributed by atoms with Crippen LogP contribution >= 0.6 is 0 Å². The summed E-state index contributed by atoms with van der Waals surface area (Å²) in [6, 6.07) is 3.61. The Bertz CT molecular complexity index is 428. The van der Waals surface area contributed by atoms with Crippen molar-refractivity contribution in [2.24, 2.45) is 5.92 Å². The van der Waals surface area contributed by atoms with E-state index in [4.69, 9.17) is 13.9 Å². The zero-order valence-electron chi connectivity index (χ0n) is 11.4. The largest absolute Gasteiger partial charge is 0.467 e. The average Bonchev–Trinajstić information content (AvgIpc) is 3.18. The van der Waals surface area contributed by atoms with Crippen molar-refractivity contribution in [3.05, 3.63) is 24.2 Å². The lowest BCUT2D eigenvalue weighted by Gasteiger charge is -2.34. The van der Waals surface area contributed by atoms with Gasteiger partial charge in [-0.3, -0.25) is 0 Å². The van der Waals surface area contributed by atoms with Crippen LogP contribution in [0.5, 0.6) is 0 Å². The Balaban J connectivity index is 1.49. The second-order valence-electron chi connectivity index (χ2n) is 5.20. The first kappa shape index (κ1) is 13.5. The topological polar surface area (TPSA) is 63.9 Å². The van der Waals surface area contributed by atoms with Gasteiger partial charge in [0.05, 0.1) is 26.0 Å². The van der Waals surface area contributed by atoms with Crippen molar-refractivity contribution in [2.75, 3.05) is 26.3 Å². The number of carbonyl (C=O) groups is 1. The van der Waals surface area contributed by atoms with Crippen LogP contribution in [0.2, 0.25) is 0 Å². The molecule has 0 spiro atoms. The number of furan rings is 1. The minimum atomic E-state index is -0.143. The molecule has 6 nitrogen and oxygen atoms in total. The van der Waals surface area contributed by atoms with Crippen LogP contribution in [0.25, 0.3) is 0 Å². The van der Waals surface area contributed by atoms with Gasteiger partial charge in [-0.05, 0) is 25.0 Å². The number of rotatable bonds is 3. The lowest BCUT2D eigenvalue weighted by atomic mass is 9.98. The predicted octanol–water partition coefficient (Wildman–Crippen LogP) is 1.57. The molecule has 0 aliphatic carbocycles. The Labute approximate surface area is 118 Å². The summed E-state index contributed by atoms with van der Waals surface area (Å²) in [4.78, 5) is 14.0. The molecule has 1 unspecified atom stereocenters. The summed E-state index contributed by atoms with van der Waals surface area (Å²) >= 11 is 0. The first-order valence-corrected chi connectivity index (χ1v) is 7.11. The highest BCUT2D eigenvalue weighted by atomic mass is 16.7. The molecule has 2 amide bonds. The lowest BCUT2D eigenvalue weighted by molar-refractivity contribution is -0.0963. The number of likely N-dealkylation sites (tertiary alicyclic amines) is 1. The van der Waals surface area contributed by atoms with Gasteiger partial charge in [-0.15, -0.1) is 0 Å². The highest BCUT2D eigenvalue weighted by Crippen LogP contribution is 2.24. The van der Waals surface area contributed by atoms with Gasteiger partial charge in [0.15, 0.2) is 6.29 Å². The molecule has 1 atom stereocenters. The van der Waals surface area contributed by atoms with E-state index in [0.717, 1.165) is 25.1 Å². The van der Waals surface area contributed by atoms with Gasteiger partial charge in [-0.1, -0.05) is 0 Å². The third-order valence-electron chi connectivity index (χ3n) is 3.77. The first-order chi connectivity index (χ1) is 9.83. The molecule has 0 aromatic carbocycles. The summed E-state index contributed by atoms with van der Waals surface area (Å²) in [5.74, 6) is 1.04. The summed E-state index contributed by atoms with van der Waals surface area (Å²) in [5.41, 5.74) is 0. The standard InChI is InChI=1S/C14H20N2O4/c17-14(15-9-12-4-2-6-18-12)16-5-1-3-11(10-16)13-19-7-8-20-13/h2,4,6,11,13H,1,3,5,7-10H2,(H,15,17). The minimum Gasteiger partial charge on any atom is -0.467 e. The van der Waals surface area contributed by atoms with E-state index in [2.05, 4.69) is 5.32 Å². The van der Waals surface area contributed by atoms with E-state index in [9.17, 15) is 4.79 Å². The molecule has 6 heteroatoms. The van der Waals surface area contributed by atoms with Crippen molar-refractivity contribution in [3.8, 4) is 0 Å². The molecule has 2 saturated heterocycles. The summed E-state index contributed by atoms with van der Waals surface area (Å²) in [5, 5.41) is 2.88. The minimum absolute atomic E-state index is 0.0518. The average molecular weight is 280 g/mol. The van der Waals surface area contributed by atoms with Crippen molar-refractivity contribution in [3.63, 3.8) is 0 Å². The molecule has 1 aromatic rings. The Hall–Kier alpha value is -1.53. The van der Waals surface area contributed by atoms with Crippen molar-refractivity contribution < 1.29 is 18.7 Å². The van der Waals surface area contributed by atoms with Crippen molar-refractivity contribution >= 4 is 6.03 Å². The maximum Gasteiger partial charge on any atom is 0.317 e. The summed E-state index contributed by atoms with van der Waals surface area (Å²) < 4.78 is 16.3. The highest BCUT2D eigenvalue weighted by molar-refractivity contribution is 5.74. The maximum atomic E-state index is 12.1. The van der Waals surface area contributed by atoms with E-state index in [1.54, 1.807) is 6.26 Å². The summed E-state index contributed by atoms with van der Waals surface area (Å²) in [6.07, 6.45) is 3.50. The summed E-state index contributed by atoms with van der Waals surface area (Å²) in [6.45, 7) is 3.21. The number of hydrogen-bond acceptors (Lipinski definition) is 4. The molecule has 20 heavy (non-hydrogen) atoms.